The van der Waals surface area contributed by atoms with Crippen molar-refractivity contribution in [3.05, 3.63) is 94.3 Å². The van der Waals surface area contributed by atoms with E-state index in [9.17, 15) is 19.3 Å². The molecule has 0 saturated carbocycles. The number of amides is 1. The minimum absolute atomic E-state index is 0.0898. The van der Waals surface area contributed by atoms with Crippen LogP contribution in [-0.4, -0.2) is 31.3 Å². The summed E-state index contributed by atoms with van der Waals surface area (Å²) >= 11 is 1.29. The lowest BCUT2D eigenvalue weighted by Gasteiger charge is -2.11. The Labute approximate surface area is 199 Å². The molecule has 0 fully saturated rings. The average molecular weight is 478 g/mol. The number of para-hydroxylation sites is 2. The van der Waals surface area contributed by atoms with Gasteiger partial charge in [0.25, 0.3) is 5.69 Å². The number of rotatable bonds is 8. The summed E-state index contributed by atoms with van der Waals surface area (Å²) in [5.74, 6) is -0.0803. The van der Waals surface area contributed by atoms with Crippen LogP contribution in [0, 0.1) is 22.9 Å². The zero-order chi connectivity index (χ0) is 24.1. The number of hydrogen-bond donors (Lipinski definition) is 1. The molecule has 10 heteroatoms. The summed E-state index contributed by atoms with van der Waals surface area (Å²) in [6, 6.07) is 20.0. The third-order valence-electron chi connectivity index (χ3n) is 4.98. The number of nitro groups is 1. The minimum Gasteiger partial charge on any atom is -0.320 e. The Bertz CT molecular complexity index is 1340. The molecule has 1 N–H and O–H groups in total. The van der Waals surface area contributed by atoms with Crippen LogP contribution in [0.25, 0.3) is 17.1 Å². The molecule has 4 rings (SSSR count). The molecule has 3 aromatic carbocycles. The normalized spacial score (nSPS) is 10.8. The highest BCUT2D eigenvalue weighted by Gasteiger charge is 2.19. The number of nitrogens with one attached hydrogen (secondary N) is 1. The van der Waals surface area contributed by atoms with E-state index < -0.39 is 10.7 Å². The minimum atomic E-state index is -0.543. The number of carbonyl (C=O) groups is 1. The van der Waals surface area contributed by atoms with Gasteiger partial charge in [0.2, 0.25) is 5.91 Å². The highest BCUT2D eigenvalue weighted by atomic mass is 32.2. The second kappa shape index (κ2) is 10.3. The molecule has 8 nitrogen and oxygen atoms in total. The molecule has 4 aromatic rings. The van der Waals surface area contributed by atoms with Crippen LogP contribution in [-0.2, 0) is 4.79 Å². The van der Waals surface area contributed by atoms with E-state index in [0.29, 0.717) is 22.3 Å². The first-order valence-electron chi connectivity index (χ1n) is 10.4. The van der Waals surface area contributed by atoms with Crippen LogP contribution in [0.3, 0.4) is 0 Å². The van der Waals surface area contributed by atoms with E-state index in [1.54, 1.807) is 28.8 Å². The van der Waals surface area contributed by atoms with Crippen LogP contribution in [0.4, 0.5) is 15.8 Å². The van der Waals surface area contributed by atoms with E-state index in [1.807, 2.05) is 31.2 Å². The number of halogens is 1. The molecule has 0 radical (unpaired) electrons. The van der Waals surface area contributed by atoms with Crippen molar-refractivity contribution in [3.8, 4) is 17.1 Å². The van der Waals surface area contributed by atoms with E-state index >= 15 is 0 Å². The molecule has 0 spiro atoms. The third kappa shape index (κ3) is 5.12. The van der Waals surface area contributed by atoms with E-state index in [4.69, 9.17) is 0 Å². The van der Waals surface area contributed by atoms with Gasteiger partial charge in [0, 0.05) is 23.9 Å². The largest absolute Gasteiger partial charge is 0.320 e. The predicted molar refractivity (Wildman–Crippen MR) is 129 cm³/mol. The molecule has 1 amide bonds. The van der Waals surface area contributed by atoms with E-state index in [2.05, 4.69) is 15.5 Å². The van der Waals surface area contributed by atoms with E-state index in [1.165, 1.54) is 36.0 Å². The maximum atomic E-state index is 14.5. The lowest BCUT2D eigenvalue weighted by molar-refractivity contribution is -0.383. The number of hydrogen-bond acceptors (Lipinski definition) is 6. The Morgan fingerprint density at radius 2 is 1.76 bits per heavy atom. The summed E-state index contributed by atoms with van der Waals surface area (Å²) < 4.78 is 16.3. The molecule has 34 heavy (non-hydrogen) atoms. The van der Waals surface area contributed by atoms with Gasteiger partial charge >= 0.3 is 0 Å². The smallest absolute Gasteiger partial charge is 0.292 e. The molecule has 172 valence electrons. The highest BCUT2D eigenvalue weighted by Crippen LogP contribution is 2.30. The topological polar surface area (TPSA) is 103 Å². The summed E-state index contributed by atoms with van der Waals surface area (Å²) in [5, 5.41) is 22.7. The second-order valence-corrected chi connectivity index (χ2v) is 8.44. The number of benzene rings is 3. The summed E-state index contributed by atoms with van der Waals surface area (Å²) in [7, 11) is 0. The van der Waals surface area contributed by atoms with Crippen LogP contribution in [0.15, 0.2) is 78.0 Å². The first-order chi connectivity index (χ1) is 16.4. The van der Waals surface area contributed by atoms with Crippen molar-refractivity contribution in [2.45, 2.75) is 18.5 Å². The number of aryl methyl sites for hydroxylation is 1. The molecule has 0 unspecified atom stereocenters. The standard InChI is InChI=1S/C24H20FN5O3S/c1-16-10-12-17(13-11-16)29-23(18-6-2-3-7-19(18)25)27-28-24(29)34-15-14-22(31)26-20-8-4-5-9-21(20)30(32)33/h2-13H,14-15H2,1H3,(H,26,31). The number of thioether (sulfide) groups is 1. The molecular formula is C24H20FN5O3S. The predicted octanol–water partition coefficient (Wildman–Crippen LogP) is 5.41. The lowest BCUT2D eigenvalue weighted by Crippen LogP contribution is -2.13. The van der Waals surface area contributed by atoms with Crippen molar-refractivity contribution in [1.29, 1.82) is 0 Å². The van der Waals surface area contributed by atoms with Gasteiger partial charge in [0.1, 0.15) is 11.5 Å². The maximum Gasteiger partial charge on any atom is 0.292 e. The number of nitro benzene ring substituents is 1. The van der Waals surface area contributed by atoms with Gasteiger partial charge in [0.15, 0.2) is 11.0 Å². The van der Waals surface area contributed by atoms with Crippen molar-refractivity contribution >= 4 is 29.0 Å². The van der Waals surface area contributed by atoms with Crippen molar-refractivity contribution in [3.63, 3.8) is 0 Å². The Hall–Kier alpha value is -4.05. The van der Waals surface area contributed by atoms with Crippen LogP contribution >= 0.6 is 11.8 Å². The number of carbonyl (C=O) groups excluding carboxylic acids is 1. The molecule has 0 aliphatic carbocycles. The highest BCUT2D eigenvalue weighted by molar-refractivity contribution is 7.99. The molecule has 0 bridgehead atoms. The first kappa shape index (κ1) is 23.1. The average Bonchev–Trinajstić information content (AvgIpc) is 3.23. The zero-order valence-electron chi connectivity index (χ0n) is 18.1. The quantitative estimate of drug-likeness (QED) is 0.207. The monoisotopic (exact) mass is 477 g/mol. The molecular weight excluding hydrogens is 457 g/mol. The molecule has 1 aromatic heterocycles. The van der Waals surface area contributed by atoms with Crippen molar-refractivity contribution < 1.29 is 14.1 Å². The van der Waals surface area contributed by atoms with Gasteiger partial charge in [-0.1, -0.05) is 53.7 Å². The Morgan fingerprint density at radius 1 is 1.06 bits per heavy atom. The van der Waals surface area contributed by atoms with Gasteiger partial charge in [-0.25, -0.2) is 4.39 Å². The second-order valence-electron chi connectivity index (χ2n) is 7.38. The lowest BCUT2D eigenvalue weighted by atomic mass is 10.2. The van der Waals surface area contributed by atoms with Crippen LogP contribution in [0.2, 0.25) is 0 Å². The van der Waals surface area contributed by atoms with E-state index in [-0.39, 0.29) is 23.7 Å². The summed E-state index contributed by atoms with van der Waals surface area (Å²) in [5.41, 5.74) is 2.13. The van der Waals surface area contributed by atoms with Crippen LogP contribution in [0.5, 0.6) is 0 Å². The fourth-order valence-electron chi connectivity index (χ4n) is 3.29. The molecule has 0 aliphatic rings. The maximum absolute atomic E-state index is 14.5. The van der Waals surface area contributed by atoms with Gasteiger partial charge in [-0.05, 0) is 37.3 Å². The molecule has 0 saturated heterocycles. The summed E-state index contributed by atoms with van der Waals surface area (Å²) in [6.07, 6.45) is 0.0898. The Kier molecular flexibility index (Phi) is 6.98. The molecule has 1 heterocycles. The number of nitrogens with zero attached hydrogens (tertiary/aromatic N) is 4. The van der Waals surface area contributed by atoms with Crippen LogP contribution in [0.1, 0.15) is 12.0 Å². The van der Waals surface area contributed by atoms with Gasteiger partial charge in [-0.3, -0.25) is 19.5 Å². The SMILES string of the molecule is Cc1ccc(-n2c(SCCC(=O)Nc3ccccc3[N+](=O)[O-])nnc2-c2ccccc2F)cc1. The molecule has 0 atom stereocenters. The number of anilines is 1. The van der Waals surface area contributed by atoms with Crippen molar-refractivity contribution in [1.82, 2.24) is 14.8 Å². The molecule has 0 aliphatic heterocycles. The summed E-state index contributed by atoms with van der Waals surface area (Å²) in [4.78, 5) is 23.0. The fraction of sp³-hybridized carbons (Fsp3) is 0.125. The van der Waals surface area contributed by atoms with Crippen molar-refractivity contribution in [2.75, 3.05) is 11.1 Å². The van der Waals surface area contributed by atoms with Gasteiger partial charge in [-0.2, -0.15) is 0 Å². The van der Waals surface area contributed by atoms with E-state index in [0.717, 1.165) is 11.3 Å². The Morgan fingerprint density at radius 3 is 2.50 bits per heavy atom. The van der Waals surface area contributed by atoms with Crippen LogP contribution < -0.4 is 5.32 Å². The first-order valence-corrected chi connectivity index (χ1v) is 11.4. The Balaban J connectivity index is 1.53. The van der Waals surface area contributed by atoms with Crippen molar-refractivity contribution in [2.24, 2.45) is 0 Å². The zero-order valence-corrected chi connectivity index (χ0v) is 19.0. The van der Waals surface area contributed by atoms with Gasteiger partial charge in [-0.15, -0.1) is 10.2 Å². The van der Waals surface area contributed by atoms with Gasteiger partial charge in [0.05, 0.1) is 10.5 Å². The third-order valence-corrected chi connectivity index (χ3v) is 5.91. The number of aromatic nitrogens is 3. The fourth-order valence-corrected chi connectivity index (χ4v) is 4.18. The summed E-state index contributed by atoms with van der Waals surface area (Å²) in [6.45, 7) is 1.97. The van der Waals surface area contributed by atoms with Gasteiger partial charge < -0.3 is 5.32 Å².